The molecule has 6 nitrogen and oxygen atoms in total. The number of benzene rings is 2. The summed E-state index contributed by atoms with van der Waals surface area (Å²) in [5.74, 6) is 2.33. The van der Waals surface area contributed by atoms with Gasteiger partial charge in [-0.05, 0) is 30.2 Å². The largest absolute Gasteiger partial charge is 0.493 e. The van der Waals surface area contributed by atoms with Gasteiger partial charge in [-0.15, -0.1) is 0 Å². The molecule has 1 N–H and O–H groups in total. The molecule has 0 aromatic heterocycles. The summed E-state index contributed by atoms with van der Waals surface area (Å²) >= 11 is 0. The van der Waals surface area contributed by atoms with E-state index in [9.17, 15) is 4.79 Å². The molecule has 0 aliphatic carbocycles. The van der Waals surface area contributed by atoms with E-state index in [1.54, 1.807) is 12.1 Å². The van der Waals surface area contributed by atoms with Gasteiger partial charge in [0.1, 0.15) is 5.75 Å². The molecule has 1 aliphatic heterocycles. The van der Waals surface area contributed by atoms with Crippen LogP contribution in [0.1, 0.15) is 15.9 Å². The highest BCUT2D eigenvalue weighted by molar-refractivity contribution is 5.95. The predicted molar refractivity (Wildman–Crippen MR) is 97.6 cm³/mol. The van der Waals surface area contributed by atoms with E-state index in [1.807, 2.05) is 18.2 Å². The molecule has 0 bridgehead atoms. The number of ether oxygens (including phenoxy) is 4. The van der Waals surface area contributed by atoms with Crippen molar-refractivity contribution in [1.82, 2.24) is 5.32 Å². The Labute approximate surface area is 153 Å². The fraction of sp³-hybridized carbons (Fsp3) is 0.350. The lowest BCUT2D eigenvalue weighted by atomic mass is 9.96. The first-order valence-corrected chi connectivity index (χ1v) is 8.45. The Kier molecular flexibility index (Phi) is 5.51. The Morgan fingerprint density at radius 3 is 2.46 bits per heavy atom. The highest BCUT2D eigenvalue weighted by atomic mass is 16.5. The number of carbonyl (C=O) groups excluding carboxylic acids is 1. The van der Waals surface area contributed by atoms with E-state index in [0.29, 0.717) is 36.0 Å². The van der Waals surface area contributed by atoms with Crippen molar-refractivity contribution in [2.75, 3.05) is 34.5 Å². The highest BCUT2D eigenvalue weighted by Crippen LogP contribution is 2.38. The summed E-state index contributed by atoms with van der Waals surface area (Å²) in [4.78, 5) is 12.6. The van der Waals surface area contributed by atoms with E-state index >= 15 is 0 Å². The lowest BCUT2D eigenvalue weighted by molar-refractivity contribution is 0.0938. The Morgan fingerprint density at radius 2 is 1.81 bits per heavy atom. The molecule has 0 unspecified atom stereocenters. The minimum Gasteiger partial charge on any atom is -0.493 e. The zero-order chi connectivity index (χ0) is 18.5. The van der Waals surface area contributed by atoms with Crippen molar-refractivity contribution in [2.24, 2.45) is 5.92 Å². The minimum absolute atomic E-state index is 0.192. The molecule has 138 valence electrons. The van der Waals surface area contributed by atoms with Crippen LogP contribution in [0.5, 0.6) is 23.0 Å². The summed E-state index contributed by atoms with van der Waals surface area (Å²) < 4.78 is 21.6. The van der Waals surface area contributed by atoms with Crippen LogP contribution in [0, 0.1) is 5.92 Å². The van der Waals surface area contributed by atoms with Gasteiger partial charge in [0.05, 0.1) is 27.9 Å². The van der Waals surface area contributed by atoms with Crippen LogP contribution < -0.4 is 24.3 Å². The molecular formula is C20H23NO5. The van der Waals surface area contributed by atoms with Gasteiger partial charge in [-0.2, -0.15) is 0 Å². The third kappa shape index (κ3) is 3.69. The maximum Gasteiger partial charge on any atom is 0.251 e. The molecule has 1 heterocycles. The van der Waals surface area contributed by atoms with Crippen molar-refractivity contribution in [3.63, 3.8) is 0 Å². The molecule has 0 saturated heterocycles. The minimum atomic E-state index is -0.192. The van der Waals surface area contributed by atoms with Gasteiger partial charge >= 0.3 is 0 Å². The van der Waals surface area contributed by atoms with Gasteiger partial charge in [0.25, 0.3) is 5.91 Å². The standard InChI is InChI=1S/C20H23NO5/c1-23-17-9-15(10-18(24-2)19(17)25-3)20(22)21-11-13-8-14-6-4-5-7-16(14)26-12-13/h4-7,9-10,13H,8,11-12H2,1-3H3,(H,21,22)/t13-/m0/s1. The van der Waals surface area contributed by atoms with E-state index in [4.69, 9.17) is 18.9 Å². The van der Waals surface area contributed by atoms with Crippen LogP contribution in [0.15, 0.2) is 36.4 Å². The number of fused-ring (bicyclic) bond motifs is 1. The molecule has 0 radical (unpaired) electrons. The Morgan fingerprint density at radius 1 is 1.12 bits per heavy atom. The lowest BCUT2D eigenvalue weighted by Crippen LogP contribution is -2.34. The van der Waals surface area contributed by atoms with Crippen molar-refractivity contribution in [3.05, 3.63) is 47.5 Å². The third-order valence-corrected chi connectivity index (χ3v) is 4.43. The number of hydrogen-bond acceptors (Lipinski definition) is 5. The molecule has 1 aliphatic rings. The fourth-order valence-corrected chi connectivity index (χ4v) is 3.07. The van der Waals surface area contributed by atoms with E-state index in [2.05, 4.69) is 11.4 Å². The number of methoxy groups -OCH3 is 3. The number of hydrogen-bond donors (Lipinski definition) is 1. The first kappa shape index (κ1) is 17.9. The normalized spacial score (nSPS) is 15.4. The summed E-state index contributed by atoms with van der Waals surface area (Å²) in [6.45, 7) is 1.12. The van der Waals surface area contributed by atoms with Crippen LogP contribution in [0.4, 0.5) is 0 Å². The lowest BCUT2D eigenvalue weighted by Gasteiger charge is -2.25. The summed E-state index contributed by atoms with van der Waals surface area (Å²) in [6.07, 6.45) is 0.881. The predicted octanol–water partition coefficient (Wildman–Crippen LogP) is 2.69. The third-order valence-electron chi connectivity index (χ3n) is 4.43. The molecular weight excluding hydrogens is 334 g/mol. The van der Waals surface area contributed by atoms with E-state index < -0.39 is 0 Å². The van der Waals surface area contributed by atoms with Crippen LogP contribution in [0.3, 0.4) is 0 Å². The van der Waals surface area contributed by atoms with Crippen LogP contribution in [-0.2, 0) is 6.42 Å². The Hall–Kier alpha value is -2.89. The number of carbonyl (C=O) groups is 1. The molecule has 3 rings (SSSR count). The van der Waals surface area contributed by atoms with Crippen LogP contribution in [0.2, 0.25) is 0 Å². The van der Waals surface area contributed by atoms with Crippen molar-refractivity contribution in [1.29, 1.82) is 0 Å². The van der Waals surface area contributed by atoms with E-state index in [-0.39, 0.29) is 11.8 Å². The summed E-state index contributed by atoms with van der Waals surface area (Å²) in [6, 6.07) is 11.3. The number of para-hydroxylation sites is 1. The van der Waals surface area contributed by atoms with Crippen molar-refractivity contribution in [3.8, 4) is 23.0 Å². The summed E-state index contributed by atoms with van der Waals surface area (Å²) in [7, 11) is 4.58. The van der Waals surface area contributed by atoms with Gasteiger partial charge in [0.15, 0.2) is 11.5 Å². The van der Waals surface area contributed by atoms with Gasteiger partial charge < -0.3 is 24.3 Å². The van der Waals surface area contributed by atoms with E-state index in [1.165, 1.54) is 26.9 Å². The van der Waals surface area contributed by atoms with Crippen LogP contribution in [-0.4, -0.2) is 40.4 Å². The van der Waals surface area contributed by atoms with Crippen molar-refractivity contribution in [2.45, 2.75) is 6.42 Å². The summed E-state index contributed by atoms with van der Waals surface area (Å²) in [5.41, 5.74) is 1.63. The zero-order valence-corrected chi connectivity index (χ0v) is 15.2. The summed E-state index contributed by atoms with van der Waals surface area (Å²) in [5, 5.41) is 2.97. The Balaban J connectivity index is 1.67. The number of rotatable bonds is 6. The second kappa shape index (κ2) is 7.99. The second-order valence-electron chi connectivity index (χ2n) is 6.11. The van der Waals surface area contributed by atoms with E-state index in [0.717, 1.165) is 12.2 Å². The average molecular weight is 357 g/mol. The first-order valence-electron chi connectivity index (χ1n) is 8.45. The van der Waals surface area contributed by atoms with Crippen LogP contribution in [0.25, 0.3) is 0 Å². The SMILES string of the molecule is COc1cc(C(=O)NC[C@H]2COc3ccccc3C2)cc(OC)c1OC. The number of amides is 1. The number of nitrogens with one attached hydrogen (secondary N) is 1. The van der Waals surface area contributed by atoms with Gasteiger partial charge in [0.2, 0.25) is 5.75 Å². The molecule has 0 saturated carbocycles. The van der Waals surface area contributed by atoms with Crippen LogP contribution >= 0.6 is 0 Å². The molecule has 6 heteroatoms. The second-order valence-corrected chi connectivity index (χ2v) is 6.11. The molecule has 2 aromatic carbocycles. The van der Waals surface area contributed by atoms with Gasteiger partial charge in [-0.3, -0.25) is 4.79 Å². The molecule has 1 amide bonds. The molecule has 0 spiro atoms. The maximum absolute atomic E-state index is 12.6. The molecule has 1 atom stereocenters. The fourth-order valence-electron chi connectivity index (χ4n) is 3.07. The molecule has 26 heavy (non-hydrogen) atoms. The van der Waals surface area contributed by atoms with Gasteiger partial charge in [0, 0.05) is 18.0 Å². The highest BCUT2D eigenvalue weighted by Gasteiger charge is 2.21. The monoisotopic (exact) mass is 357 g/mol. The first-order chi connectivity index (χ1) is 12.7. The zero-order valence-electron chi connectivity index (χ0n) is 15.2. The van der Waals surface area contributed by atoms with Crippen molar-refractivity contribution < 1.29 is 23.7 Å². The maximum atomic E-state index is 12.6. The smallest absolute Gasteiger partial charge is 0.251 e. The van der Waals surface area contributed by atoms with Crippen molar-refractivity contribution >= 4 is 5.91 Å². The topological polar surface area (TPSA) is 66.0 Å². The molecule has 2 aromatic rings. The quantitative estimate of drug-likeness (QED) is 0.861. The Bertz CT molecular complexity index is 765. The van der Waals surface area contributed by atoms with Gasteiger partial charge in [-0.1, -0.05) is 18.2 Å². The average Bonchev–Trinajstić information content (AvgIpc) is 2.70. The molecule has 0 fully saturated rings. The van der Waals surface area contributed by atoms with Gasteiger partial charge in [-0.25, -0.2) is 0 Å².